The van der Waals surface area contributed by atoms with Crippen LogP contribution in [0.4, 0.5) is 5.69 Å². The predicted molar refractivity (Wildman–Crippen MR) is 91.1 cm³/mol. The van der Waals surface area contributed by atoms with Gasteiger partial charge in [-0.15, -0.1) is 0 Å². The van der Waals surface area contributed by atoms with E-state index in [1.807, 2.05) is 30.3 Å². The molecule has 0 aliphatic heterocycles. The molecule has 1 unspecified atom stereocenters. The third-order valence-corrected chi connectivity index (χ3v) is 4.29. The molecule has 0 N–H and O–H groups in total. The number of rotatable bonds is 4. The summed E-state index contributed by atoms with van der Waals surface area (Å²) in [5.74, 6) is 0.292. The lowest BCUT2D eigenvalue weighted by atomic mass is 10.2. The van der Waals surface area contributed by atoms with E-state index in [0.717, 1.165) is 11.3 Å². The highest BCUT2D eigenvalue weighted by atomic mass is 35.5. The normalized spacial score (nSPS) is 11.9. The van der Waals surface area contributed by atoms with Gasteiger partial charge >= 0.3 is 0 Å². The van der Waals surface area contributed by atoms with Crippen LogP contribution in [-0.4, -0.2) is 19.1 Å². The van der Waals surface area contributed by atoms with Crippen molar-refractivity contribution in [2.75, 3.05) is 11.9 Å². The number of likely N-dealkylation sites (N-methyl/N-ethyl adjacent to an activating group) is 1. The summed E-state index contributed by atoms with van der Waals surface area (Å²) in [5, 5.41) is 0.993. The van der Waals surface area contributed by atoms with Crippen molar-refractivity contribution < 1.29 is 9.53 Å². The molecule has 0 saturated carbocycles. The van der Waals surface area contributed by atoms with Gasteiger partial charge in [-0.1, -0.05) is 41.4 Å². The molecule has 0 bridgehead atoms. The SMILES string of the molecule is Cc1c(Cl)ccc(OC(C)C(=O)N(C)c2ccccc2)c1Cl. The number of hydrogen-bond acceptors (Lipinski definition) is 2. The quantitative estimate of drug-likeness (QED) is 0.806. The van der Waals surface area contributed by atoms with Crippen molar-refractivity contribution in [1.29, 1.82) is 0 Å². The minimum absolute atomic E-state index is 0.158. The van der Waals surface area contributed by atoms with Gasteiger partial charge in [0, 0.05) is 17.8 Å². The number of amides is 1. The second kappa shape index (κ2) is 7.03. The molecule has 0 spiro atoms. The lowest BCUT2D eigenvalue weighted by molar-refractivity contribution is -0.124. The summed E-state index contributed by atoms with van der Waals surface area (Å²) in [6, 6.07) is 12.8. The summed E-state index contributed by atoms with van der Waals surface area (Å²) < 4.78 is 5.70. The number of hydrogen-bond donors (Lipinski definition) is 0. The fourth-order valence-corrected chi connectivity index (χ4v) is 2.44. The van der Waals surface area contributed by atoms with Crippen LogP contribution in [0.3, 0.4) is 0 Å². The van der Waals surface area contributed by atoms with Gasteiger partial charge in [-0.2, -0.15) is 0 Å². The molecule has 22 heavy (non-hydrogen) atoms. The second-order valence-electron chi connectivity index (χ2n) is 4.98. The van der Waals surface area contributed by atoms with Crippen LogP contribution in [0.1, 0.15) is 12.5 Å². The summed E-state index contributed by atoms with van der Waals surface area (Å²) in [7, 11) is 1.71. The molecule has 1 amide bonds. The lowest BCUT2D eigenvalue weighted by Gasteiger charge is -2.23. The summed E-state index contributed by atoms with van der Waals surface area (Å²) in [5.41, 5.74) is 1.54. The van der Waals surface area contributed by atoms with Crippen molar-refractivity contribution in [1.82, 2.24) is 0 Å². The molecular formula is C17H17Cl2NO2. The Balaban J connectivity index is 2.14. The molecule has 3 nitrogen and oxygen atoms in total. The highest BCUT2D eigenvalue weighted by Gasteiger charge is 2.21. The average molecular weight is 338 g/mol. The van der Waals surface area contributed by atoms with Crippen molar-refractivity contribution >= 4 is 34.8 Å². The zero-order chi connectivity index (χ0) is 16.3. The number of para-hydroxylation sites is 1. The molecular weight excluding hydrogens is 321 g/mol. The summed E-state index contributed by atoms with van der Waals surface area (Å²) in [4.78, 5) is 14.0. The predicted octanol–water partition coefficient (Wildman–Crippen LogP) is 4.73. The second-order valence-corrected chi connectivity index (χ2v) is 5.76. The van der Waals surface area contributed by atoms with E-state index in [1.54, 1.807) is 37.9 Å². The van der Waals surface area contributed by atoms with Gasteiger partial charge in [0.2, 0.25) is 0 Å². The summed E-state index contributed by atoms with van der Waals surface area (Å²) in [6.07, 6.45) is -0.664. The molecule has 0 radical (unpaired) electrons. The topological polar surface area (TPSA) is 29.5 Å². The molecule has 0 aliphatic carbocycles. The Kier molecular flexibility index (Phi) is 5.33. The maximum Gasteiger partial charge on any atom is 0.267 e. The van der Waals surface area contributed by atoms with Crippen LogP contribution >= 0.6 is 23.2 Å². The first-order valence-corrected chi connectivity index (χ1v) is 7.61. The van der Waals surface area contributed by atoms with Crippen LogP contribution in [0, 0.1) is 6.92 Å². The van der Waals surface area contributed by atoms with E-state index < -0.39 is 6.10 Å². The van der Waals surface area contributed by atoms with Crippen LogP contribution in [0.25, 0.3) is 0 Å². The van der Waals surface area contributed by atoms with Crippen LogP contribution in [0.2, 0.25) is 10.0 Å². The van der Waals surface area contributed by atoms with E-state index in [9.17, 15) is 4.79 Å². The third-order valence-electron chi connectivity index (χ3n) is 3.41. The fraction of sp³-hybridized carbons (Fsp3) is 0.235. The number of anilines is 1. The highest BCUT2D eigenvalue weighted by Crippen LogP contribution is 2.33. The molecule has 0 aromatic heterocycles. The molecule has 1 atom stereocenters. The average Bonchev–Trinajstić information content (AvgIpc) is 2.54. The van der Waals surface area contributed by atoms with Crippen molar-refractivity contribution in [2.24, 2.45) is 0 Å². The number of ether oxygens (including phenoxy) is 1. The number of carbonyl (C=O) groups excluding carboxylic acids is 1. The fourth-order valence-electron chi connectivity index (χ4n) is 2.02. The smallest absolute Gasteiger partial charge is 0.267 e. The Morgan fingerprint density at radius 3 is 2.41 bits per heavy atom. The first-order valence-electron chi connectivity index (χ1n) is 6.85. The molecule has 2 rings (SSSR count). The van der Waals surface area contributed by atoms with Gasteiger partial charge in [0.1, 0.15) is 5.75 Å². The van der Waals surface area contributed by atoms with Crippen LogP contribution in [0.15, 0.2) is 42.5 Å². The largest absolute Gasteiger partial charge is 0.479 e. The maximum atomic E-state index is 12.4. The van der Waals surface area contributed by atoms with E-state index in [4.69, 9.17) is 27.9 Å². The molecule has 0 fully saturated rings. The van der Waals surface area contributed by atoms with E-state index in [1.165, 1.54) is 0 Å². The number of nitrogens with zero attached hydrogens (tertiary/aromatic N) is 1. The Bertz CT molecular complexity index is 674. The zero-order valence-corrected chi connectivity index (χ0v) is 14.2. The molecule has 2 aromatic rings. The van der Waals surface area contributed by atoms with E-state index >= 15 is 0 Å². The monoisotopic (exact) mass is 337 g/mol. The molecule has 0 heterocycles. The van der Waals surface area contributed by atoms with Gasteiger partial charge in [0.15, 0.2) is 6.10 Å². The minimum atomic E-state index is -0.664. The molecule has 0 saturated heterocycles. The van der Waals surface area contributed by atoms with Crippen LogP contribution in [-0.2, 0) is 4.79 Å². The Morgan fingerprint density at radius 2 is 1.77 bits per heavy atom. The van der Waals surface area contributed by atoms with Gasteiger partial charge in [-0.3, -0.25) is 4.79 Å². The van der Waals surface area contributed by atoms with Gasteiger partial charge in [-0.05, 0) is 43.7 Å². The van der Waals surface area contributed by atoms with Crippen molar-refractivity contribution in [3.8, 4) is 5.75 Å². The van der Waals surface area contributed by atoms with Crippen molar-refractivity contribution in [2.45, 2.75) is 20.0 Å². The summed E-state index contributed by atoms with van der Waals surface area (Å²) >= 11 is 12.2. The van der Waals surface area contributed by atoms with Crippen molar-refractivity contribution in [3.63, 3.8) is 0 Å². The van der Waals surface area contributed by atoms with Gasteiger partial charge in [0.05, 0.1) is 5.02 Å². The van der Waals surface area contributed by atoms with E-state index in [0.29, 0.717) is 15.8 Å². The third kappa shape index (κ3) is 3.54. The molecule has 116 valence electrons. The van der Waals surface area contributed by atoms with Crippen molar-refractivity contribution in [3.05, 3.63) is 58.1 Å². The highest BCUT2D eigenvalue weighted by molar-refractivity contribution is 6.36. The zero-order valence-electron chi connectivity index (χ0n) is 12.6. The van der Waals surface area contributed by atoms with Gasteiger partial charge in [0.25, 0.3) is 5.91 Å². The Hall–Kier alpha value is -1.71. The number of carbonyl (C=O) groups is 1. The van der Waals surface area contributed by atoms with Gasteiger partial charge < -0.3 is 9.64 Å². The summed E-state index contributed by atoms with van der Waals surface area (Å²) in [6.45, 7) is 3.50. The van der Waals surface area contributed by atoms with Gasteiger partial charge in [-0.25, -0.2) is 0 Å². The van der Waals surface area contributed by atoms with Crippen LogP contribution in [0.5, 0.6) is 5.75 Å². The minimum Gasteiger partial charge on any atom is -0.479 e. The molecule has 0 aliphatic rings. The van der Waals surface area contributed by atoms with Crippen LogP contribution < -0.4 is 9.64 Å². The maximum absolute atomic E-state index is 12.4. The number of benzene rings is 2. The molecule has 2 aromatic carbocycles. The lowest BCUT2D eigenvalue weighted by Crippen LogP contribution is -2.38. The Labute approximate surface area is 140 Å². The first kappa shape index (κ1) is 16.7. The Morgan fingerprint density at radius 1 is 1.14 bits per heavy atom. The standard InChI is InChI=1S/C17H17Cl2NO2/c1-11-14(18)9-10-15(16(11)19)22-12(2)17(21)20(3)13-7-5-4-6-8-13/h4-10,12H,1-3H3. The van der Waals surface area contributed by atoms with E-state index in [-0.39, 0.29) is 5.91 Å². The number of halogens is 2. The van der Waals surface area contributed by atoms with E-state index in [2.05, 4.69) is 0 Å². The molecule has 5 heteroatoms. The first-order chi connectivity index (χ1) is 10.4.